The molecule has 1 saturated carbocycles. The molecule has 1 aliphatic rings. The van der Waals surface area contributed by atoms with Gasteiger partial charge in [-0.3, -0.25) is 4.98 Å². The Morgan fingerprint density at radius 3 is 3.00 bits per heavy atom. The number of rotatable bonds is 4. The number of aromatic nitrogens is 1. The third-order valence-corrected chi connectivity index (χ3v) is 5.45. The topological polar surface area (TPSA) is 50.9 Å². The molecular weight excluding hydrogens is 278 g/mol. The van der Waals surface area contributed by atoms with E-state index in [0.717, 1.165) is 22.0 Å². The Morgan fingerprint density at radius 1 is 1.33 bits per heavy atom. The highest BCUT2D eigenvalue weighted by atomic mass is 32.2. The van der Waals surface area contributed by atoms with Crippen molar-refractivity contribution in [2.24, 2.45) is 0 Å². The number of hydrogen-bond donors (Lipinski definition) is 2. The Morgan fingerprint density at radius 2 is 2.19 bits per heavy atom. The maximum Gasteiger partial charge on any atom is 0.0424 e. The van der Waals surface area contributed by atoms with Crippen LogP contribution in [0.5, 0.6) is 0 Å². The van der Waals surface area contributed by atoms with E-state index in [1.54, 1.807) is 0 Å². The predicted molar refractivity (Wildman–Crippen MR) is 94.1 cm³/mol. The largest absolute Gasteiger partial charge is 0.398 e. The molecule has 2 aromatic rings. The van der Waals surface area contributed by atoms with Gasteiger partial charge < -0.3 is 11.1 Å². The average molecular weight is 301 g/mol. The number of nitrogens with one attached hydrogen (secondary N) is 1. The standard InChI is InChI=1S/C17H23N3S/c1-3-21-13-5-4-12(9-13)20-17-7-6-16(18)15-10-19-11(2)8-14(15)17/h6-8,10,12-13,20H,3-5,9,18H2,1-2H3. The number of nitrogen functional groups attached to an aromatic ring is 1. The number of pyridine rings is 1. The molecule has 3 nitrogen and oxygen atoms in total. The van der Waals surface area contributed by atoms with Gasteiger partial charge in [0.2, 0.25) is 0 Å². The van der Waals surface area contributed by atoms with Crippen molar-refractivity contribution in [2.75, 3.05) is 16.8 Å². The van der Waals surface area contributed by atoms with Gasteiger partial charge >= 0.3 is 0 Å². The van der Waals surface area contributed by atoms with E-state index in [4.69, 9.17) is 5.73 Å². The molecule has 112 valence electrons. The summed E-state index contributed by atoms with van der Waals surface area (Å²) in [7, 11) is 0. The van der Waals surface area contributed by atoms with Crippen LogP contribution >= 0.6 is 11.8 Å². The van der Waals surface area contributed by atoms with Crippen molar-refractivity contribution in [3.05, 3.63) is 30.1 Å². The fourth-order valence-electron chi connectivity index (χ4n) is 3.17. The third-order valence-electron chi connectivity index (χ3n) is 4.22. The Balaban J connectivity index is 1.84. The second-order valence-corrected chi connectivity index (χ2v) is 7.38. The Bertz CT molecular complexity index is 641. The summed E-state index contributed by atoms with van der Waals surface area (Å²) < 4.78 is 0. The van der Waals surface area contributed by atoms with Crippen LogP contribution in [0.4, 0.5) is 11.4 Å². The molecule has 2 atom stereocenters. The van der Waals surface area contributed by atoms with Crippen LogP contribution in [0.25, 0.3) is 10.8 Å². The van der Waals surface area contributed by atoms with Crippen LogP contribution < -0.4 is 11.1 Å². The molecular formula is C17H23N3S. The van der Waals surface area contributed by atoms with E-state index in [0.29, 0.717) is 6.04 Å². The summed E-state index contributed by atoms with van der Waals surface area (Å²) in [4.78, 5) is 4.37. The first-order valence-electron chi connectivity index (χ1n) is 7.70. The number of anilines is 2. The van der Waals surface area contributed by atoms with Crippen LogP contribution in [0.3, 0.4) is 0 Å². The molecule has 4 heteroatoms. The maximum atomic E-state index is 6.07. The zero-order valence-electron chi connectivity index (χ0n) is 12.7. The number of hydrogen-bond acceptors (Lipinski definition) is 4. The smallest absolute Gasteiger partial charge is 0.0424 e. The highest BCUT2D eigenvalue weighted by molar-refractivity contribution is 7.99. The van der Waals surface area contributed by atoms with Gasteiger partial charge in [-0.05, 0) is 50.1 Å². The van der Waals surface area contributed by atoms with Gasteiger partial charge in [0.15, 0.2) is 0 Å². The van der Waals surface area contributed by atoms with E-state index in [-0.39, 0.29) is 0 Å². The molecule has 1 heterocycles. The molecule has 0 amide bonds. The van der Waals surface area contributed by atoms with Crippen LogP contribution in [-0.2, 0) is 0 Å². The van der Waals surface area contributed by atoms with E-state index >= 15 is 0 Å². The van der Waals surface area contributed by atoms with Crippen LogP contribution in [0.1, 0.15) is 31.9 Å². The molecule has 1 fully saturated rings. The number of thioether (sulfide) groups is 1. The number of benzene rings is 1. The lowest BCUT2D eigenvalue weighted by Crippen LogP contribution is -2.16. The van der Waals surface area contributed by atoms with Gasteiger partial charge in [-0.25, -0.2) is 0 Å². The Labute approximate surface area is 130 Å². The van der Waals surface area contributed by atoms with Crippen LogP contribution in [0.2, 0.25) is 0 Å². The maximum absolute atomic E-state index is 6.07. The number of nitrogens with two attached hydrogens (primary N) is 1. The van der Waals surface area contributed by atoms with Crippen LogP contribution in [0, 0.1) is 6.92 Å². The lowest BCUT2D eigenvalue weighted by atomic mass is 10.1. The minimum Gasteiger partial charge on any atom is -0.398 e. The van der Waals surface area contributed by atoms with E-state index in [9.17, 15) is 0 Å². The van der Waals surface area contributed by atoms with Gasteiger partial charge in [0, 0.05) is 45.3 Å². The second-order valence-electron chi connectivity index (χ2n) is 5.81. The van der Waals surface area contributed by atoms with Crippen LogP contribution in [0.15, 0.2) is 24.4 Å². The van der Waals surface area contributed by atoms with E-state index in [1.165, 1.54) is 36.1 Å². The molecule has 0 spiro atoms. The molecule has 1 aliphatic carbocycles. The molecule has 1 aromatic heterocycles. The molecule has 0 bridgehead atoms. The zero-order chi connectivity index (χ0) is 14.8. The number of aryl methyl sites for hydroxylation is 1. The Kier molecular flexibility index (Phi) is 4.24. The summed E-state index contributed by atoms with van der Waals surface area (Å²) in [5, 5.41) is 6.78. The van der Waals surface area contributed by atoms with Crippen molar-refractivity contribution in [3.8, 4) is 0 Å². The molecule has 1 aromatic carbocycles. The lowest BCUT2D eigenvalue weighted by Gasteiger charge is -2.17. The average Bonchev–Trinajstić information content (AvgIpc) is 2.90. The lowest BCUT2D eigenvalue weighted by molar-refractivity contribution is 0.758. The molecule has 21 heavy (non-hydrogen) atoms. The fraction of sp³-hybridized carbons (Fsp3) is 0.471. The summed E-state index contributed by atoms with van der Waals surface area (Å²) in [6, 6.07) is 6.79. The summed E-state index contributed by atoms with van der Waals surface area (Å²) in [6.45, 7) is 4.27. The third kappa shape index (κ3) is 3.10. The molecule has 0 radical (unpaired) electrons. The van der Waals surface area contributed by atoms with Crippen molar-refractivity contribution in [3.63, 3.8) is 0 Å². The minimum atomic E-state index is 0.578. The molecule has 3 N–H and O–H groups in total. The van der Waals surface area contributed by atoms with E-state index < -0.39 is 0 Å². The van der Waals surface area contributed by atoms with Crippen molar-refractivity contribution in [2.45, 2.75) is 44.4 Å². The predicted octanol–water partition coefficient (Wildman–Crippen LogP) is 4.21. The fourth-order valence-corrected chi connectivity index (χ4v) is 4.31. The van der Waals surface area contributed by atoms with Crippen molar-refractivity contribution in [1.29, 1.82) is 0 Å². The number of nitrogens with zero attached hydrogens (tertiary/aromatic N) is 1. The molecule has 3 rings (SSSR count). The van der Waals surface area contributed by atoms with E-state index in [2.05, 4.69) is 41.1 Å². The van der Waals surface area contributed by atoms with E-state index in [1.807, 2.05) is 19.2 Å². The molecule has 0 aliphatic heterocycles. The summed E-state index contributed by atoms with van der Waals surface area (Å²) >= 11 is 2.09. The van der Waals surface area contributed by atoms with Crippen molar-refractivity contribution < 1.29 is 0 Å². The highest BCUT2D eigenvalue weighted by Crippen LogP contribution is 2.34. The van der Waals surface area contributed by atoms with Gasteiger partial charge in [0.25, 0.3) is 0 Å². The first kappa shape index (κ1) is 14.5. The minimum absolute atomic E-state index is 0.578. The summed E-state index contributed by atoms with van der Waals surface area (Å²) in [5.41, 5.74) is 9.09. The highest BCUT2D eigenvalue weighted by Gasteiger charge is 2.24. The molecule has 2 unspecified atom stereocenters. The number of fused-ring (bicyclic) bond motifs is 1. The molecule has 0 saturated heterocycles. The Hall–Kier alpha value is -1.42. The van der Waals surface area contributed by atoms with Gasteiger partial charge in [0.05, 0.1) is 0 Å². The monoisotopic (exact) mass is 301 g/mol. The normalized spacial score (nSPS) is 21.8. The van der Waals surface area contributed by atoms with Gasteiger partial charge in [0.1, 0.15) is 0 Å². The van der Waals surface area contributed by atoms with Gasteiger partial charge in [-0.2, -0.15) is 11.8 Å². The SMILES string of the molecule is CCSC1CCC(Nc2ccc(N)c3cnc(C)cc23)C1. The first-order chi connectivity index (χ1) is 10.2. The van der Waals surface area contributed by atoms with Gasteiger partial charge in [-0.15, -0.1) is 0 Å². The summed E-state index contributed by atoms with van der Waals surface area (Å²) in [6.07, 6.45) is 5.72. The quantitative estimate of drug-likeness (QED) is 0.831. The van der Waals surface area contributed by atoms with Crippen molar-refractivity contribution in [1.82, 2.24) is 4.98 Å². The van der Waals surface area contributed by atoms with Crippen molar-refractivity contribution >= 4 is 33.9 Å². The summed E-state index contributed by atoms with van der Waals surface area (Å²) in [5.74, 6) is 1.22. The zero-order valence-corrected chi connectivity index (χ0v) is 13.5. The first-order valence-corrected chi connectivity index (χ1v) is 8.75. The van der Waals surface area contributed by atoms with Crippen LogP contribution in [-0.4, -0.2) is 22.0 Å². The van der Waals surface area contributed by atoms with Gasteiger partial charge in [-0.1, -0.05) is 6.92 Å². The second kappa shape index (κ2) is 6.14.